The van der Waals surface area contributed by atoms with Crippen molar-refractivity contribution in [2.75, 3.05) is 5.32 Å². The van der Waals surface area contributed by atoms with Crippen molar-refractivity contribution in [3.05, 3.63) is 89.5 Å². The summed E-state index contributed by atoms with van der Waals surface area (Å²) < 4.78 is 0. The molecule has 7 heteroatoms. The topological polar surface area (TPSA) is 86.9 Å². The van der Waals surface area contributed by atoms with Gasteiger partial charge in [-0.1, -0.05) is 48.2 Å². The molecule has 0 unspecified atom stereocenters. The fraction of sp³-hybridized carbons (Fsp3) is 0.125. The molecule has 2 amide bonds. The van der Waals surface area contributed by atoms with Crippen LogP contribution in [0, 0.1) is 0 Å². The van der Waals surface area contributed by atoms with Crippen LogP contribution in [0.1, 0.15) is 28.4 Å². The Balaban J connectivity index is 1.31. The van der Waals surface area contributed by atoms with Crippen LogP contribution in [0.4, 0.5) is 5.69 Å². The maximum Gasteiger partial charge on any atom is 0.251 e. The smallest absolute Gasteiger partial charge is 0.251 e. The molecule has 0 spiro atoms. The summed E-state index contributed by atoms with van der Waals surface area (Å²) in [6.07, 6.45) is 0. The minimum absolute atomic E-state index is 0.125. The average molecular weight is 431 g/mol. The molecule has 0 bridgehead atoms. The van der Waals surface area contributed by atoms with Crippen LogP contribution in [-0.2, 0) is 17.1 Å². The number of nitrogens with zero attached hydrogens (tertiary/aromatic N) is 1. The molecule has 0 aliphatic heterocycles. The molecule has 156 valence electrons. The number of fused-ring (bicyclic) bond motifs is 1. The van der Waals surface area contributed by atoms with Gasteiger partial charge in [-0.05, 0) is 47.5 Å². The first kappa shape index (κ1) is 20.7. The van der Waals surface area contributed by atoms with Crippen molar-refractivity contribution in [2.24, 2.45) is 0 Å². The molecule has 3 aromatic carbocycles. The molecule has 4 rings (SSSR count). The first-order chi connectivity index (χ1) is 15.1. The summed E-state index contributed by atoms with van der Waals surface area (Å²) in [5, 5.41) is 6.54. The largest absolute Gasteiger partial charge is 0.348 e. The van der Waals surface area contributed by atoms with Gasteiger partial charge >= 0.3 is 0 Å². The Hall–Kier alpha value is -3.58. The van der Waals surface area contributed by atoms with E-state index >= 15 is 0 Å². The molecule has 0 saturated heterocycles. The second kappa shape index (κ2) is 9.49. The quantitative estimate of drug-likeness (QED) is 0.370. The van der Waals surface area contributed by atoms with Crippen LogP contribution in [0.5, 0.6) is 0 Å². The Morgan fingerprint density at radius 3 is 2.55 bits per heavy atom. The first-order valence-electron chi connectivity index (χ1n) is 9.88. The van der Waals surface area contributed by atoms with Crippen LogP contribution >= 0.6 is 11.8 Å². The summed E-state index contributed by atoms with van der Waals surface area (Å²) >= 11 is 1.63. The minimum atomic E-state index is -0.138. The van der Waals surface area contributed by atoms with E-state index in [1.165, 1.54) is 6.92 Å². The third-order valence-corrected chi connectivity index (χ3v) is 5.60. The molecule has 0 radical (unpaired) electrons. The number of hydrogen-bond donors (Lipinski definition) is 3. The maximum atomic E-state index is 12.5. The monoisotopic (exact) mass is 430 g/mol. The number of anilines is 1. The summed E-state index contributed by atoms with van der Waals surface area (Å²) in [5.74, 6) is 0.499. The molecule has 31 heavy (non-hydrogen) atoms. The van der Waals surface area contributed by atoms with Crippen molar-refractivity contribution in [3.8, 4) is 0 Å². The number of benzene rings is 3. The highest BCUT2D eigenvalue weighted by Gasteiger charge is 2.07. The number of H-pyrrole nitrogens is 1. The number of carbonyl (C=O) groups is 2. The van der Waals surface area contributed by atoms with Gasteiger partial charge in [-0.3, -0.25) is 9.59 Å². The molecular weight excluding hydrogens is 408 g/mol. The number of imidazole rings is 1. The van der Waals surface area contributed by atoms with E-state index in [2.05, 4.69) is 20.6 Å². The van der Waals surface area contributed by atoms with Gasteiger partial charge < -0.3 is 15.6 Å². The van der Waals surface area contributed by atoms with Gasteiger partial charge in [-0.15, -0.1) is 0 Å². The molecular formula is C24H22N4O2S. The van der Waals surface area contributed by atoms with Crippen LogP contribution in [0.25, 0.3) is 11.0 Å². The predicted octanol–water partition coefficient (Wildman–Crippen LogP) is 4.74. The van der Waals surface area contributed by atoms with Gasteiger partial charge in [0.05, 0.1) is 11.0 Å². The lowest BCUT2D eigenvalue weighted by molar-refractivity contribution is -0.114. The molecule has 0 saturated carbocycles. The van der Waals surface area contributed by atoms with E-state index < -0.39 is 0 Å². The number of aromatic amines is 1. The first-order valence-corrected chi connectivity index (χ1v) is 10.9. The zero-order chi connectivity index (χ0) is 21.6. The molecule has 1 aromatic heterocycles. The van der Waals surface area contributed by atoms with E-state index in [-0.39, 0.29) is 11.8 Å². The maximum absolute atomic E-state index is 12.5. The zero-order valence-electron chi connectivity index (χ0n) is 17.0. The van der Waals surface area contributed by atoms with Gasteiger partial charge in [-0.25, -0.2) is 4.98 Å². The zero-order valence-corrected chi connectivity index (χ0v) is 17.8. The fourth-order valence-corrected chi connectivity index (χ4v) is 3.99. The lowest BCUT2D eigenvalue weighted by atomic mass is 10.1. The number of thioether (sulfide) groups is 1. The Morgan fingerprint density at radius 1 is 0.968 bits per heavy atom. The number of amides is 2. The molecule has 0 fully saturated rings. The van der Waals surface area contributed by atoms with Crippen molar-refractivity contribution in [1.82, 2.24) is 15.3 Å². The van der Waals surface area contributed by atoms with Crippen molar-refractivity contribution in [1.29, 1.82) is 0 Å². The lowest BCUT2D eigenvalue weighted by Gasteiger charge is -2.08. The van der Waals surface area contributed by atoms with Crippen LogP contribution in [0.2, 0.25) is 0 Å². The number of aromatic nitrogens is 2. The number of hydrogen-bond acceptors (Lipinski definition) is 4. The summed E-state index contributed by atoms with van der Waals surface area (Å²) in [6, 6.07) is 23.0. The highest BCUT2D eigenvalue weighted by molar-refractivity contribution is 7.98. The Bertz CT molecular complexity index is 1180. The number of carbonyl (C=O) groups excluding carboxylic acids is 2. The van der Waals surface area contributed by atoms with Crippen LogP contribution < -0.4 is 10.6 Å². The number of rotatable bonds is 7. The Morgan fingerprint density at radius 2 is 1.77 bits per heavy atom. The van der Waals surface area contributed by atoms with Gasteiger partial charge in [0.25, 0.3) is 5.91 Å². The normalized spacial score (nSPS) is 10.7. The van der Waals surface area contributed by atoms with E-state index in [4.69, 9.17) is 0 Å². The van der Waals surface area contributed by atoms with E-state index in [0.717, 1.165) is 33.1 Å². The van der Waals surface area contributed by atoms with Crippen LogP contribution in [-0.4, -0.2) is 21.8 Å². The fourth-order valence-electron chi connectivity index (χ4n) is 3.15. The SMILES string of the molecule is CC(=O)Nc1cccc(CNC(=O)c2ccc(CSc3nc4ccccc4[nH]3)cc2)c1. The number of para-hydroxylation sites is 2. The summed E-state index contributed by atoms with van der Waals surface area (Å²) in [5.41, 5.74) is 5.34. The molecule has 4 aromatic rings. The highest BCUT2D eigenvalue weighted by atomic mass is 32.2. The van der Waals surface area contributed by atoms with E-state index in [9.17, 15) is 9.59 Å². The summed E-state index contributed by atoms with van der Waals surface area (Å²) in [4.78, 5) is 31.5. The second-order valence-electron chi connectivity index (χ2n) is 7.11. The Kier molecular flexibility index (Phi) is 6.33. The highest BCUT2D eigenvalue weighted by Crippen LogP contribution is 2.23. The van der Waals surface area contributed by atoms with Gasteiger partial charge in [0, 0.05) is 30.5 Å². The van der Waals surface area contributed by atoms with Crippen molar-refractivity contribution >= 4 is 40.3 Å². The van der Waals surface area contributed by atoms with Crippen LogP contribution in [0.15, 0.2) is 78.0 Å². The second-order valence-corrected chi connectivity index (χ2v) is 8.07. The van der Waals surface area contributed by atoms with Crippen molar-refractivity contribution in [3.63, 3.8) is 0 Å². The third kappa shape index (κ3) is 5.52. The van der Waals surface area contributed by atoms with Crippen molar-refractivity contribution in [2.45, 2.75) is 24.4 Å². The average Bonchev–Trinajstić information content (AvgIpc) is 3.19. The minimum Gasteiger partial charge on any atom is -0.348 e. The third-order valence-electron chi connectivity index (χ3n) is 4.66. The molecule has 1 heterocycles. The van der Waals surface area contributed by atoms with E-state index in [1.807, 2.05) is 72.8 Å². The van der Waals surface area contributed by atoms with E-state index in [1.54, 1.807) is 11.8 Å². The van der Waals surface area contributed by atoms with Crippen LogP contribution in [0.3, 0.4) is 0 Å². The summed E-state index contributed by atoms with van der Waals surface area (Å²) in [6.45, 7) is 1.85. The Labute approximate surface area is 184 Å². The van der Waals surface area contributed by atoms with Crippen molar-refractivity contribution < 1.29 is 9.59 Å². The number of nitrogens with one attached hydrogen (secondary N) is 3. The van der Waals surface area contributed by atoms with Gasteiger partial charge in [0.2, 0.25) is 5.91 Å². The van der Waals surface area contributed by atoms with Gasteiger partial charge in [0.15, 0.2) is 5.16 Å². The lowest BCUT2D eigenvalue weighted by Crippen LogP contribution is -2.22. The van der Waals surface area contributed by atoms with Gasteiger partial charge in [-0.2, -0.15) is 0 Å². The molecule has 0 aliphatic carbocycles. The predicted molar refractivity (Wildman–Crippen MR) is 124 cm³/mol. The molecule has 3 N–H and O–H groups in total. The molecule has 6 nitrogen and oxygen atoms in total. The molecule has 0 atom stereocenters. The summed E-state index contributed by atoms with van der Waals surface area (Å²) in [7, 11) is 0. The standard InChI is InChI=1S/C24H22N4O2S/c1-16(29)26-20-6-4-5-18(13-20)14-25-23(30)19-11-9-17(10-12-19)15-31-24-27-21-7-2-3-8-22(21)28-24/h2-13H,14-15H2,1H3,(H,25,30)(H,26,29)(H,27,28). The molecule has 0 aliphatic rings. The van der Waals surface area contributed by atoms with E-state index in [0.29, 0.717) is 17.8 Å². The van der Waals surface area contributed by atoms with Gasteiger partial charge in [0.1, 0.15) is 0 Å².